The van der Waals surface area contributed by atoms with Gasteiger partial charge in [0.1, 0.15) is 5.52 Å². The first-order valence-electron chi connectivity index (χ1n) is 7.27. The summed E-state index contributed by atoms with van der Waals surface area (Å²) in [4.78, 5) is 16.7. The zero-order valence-corrected chi connectivity index (χ0v) is 12.0. The third-order valence-corrected chi connectivity index (χ3v) is 4.78. The molecule has 1 aliphatic heterocycles. The van der Waals surface area contributed by atoms with Gasteiger partial charge in [-0.2, -0.15) is 0 Å². The number of nitrogens with zero attached hydrogens (tertiary/aromatic N) is 1. The Bertz CT molecular complexity index is 760. The number of oxazole rings is 1. The smallest absolute Gasteiger partial charge is 0.313 e. The van der Waals surface area contributed by atoms with Crippen molar-refractivity contribution in [3.05, 3.63) is 41.8 Å². The van der Waals surface area contributed by atoms with Crippen LogP contribution in [0.15, 0.2) is 34.8 Å². The van der Waals surface area contributed by atoms with Crippen molar-refractivity contribution in [2.75, 3.05) is 6.61 Å². The first-order valence-corrected chi connectivity index (χ1v) is 7.27. The lowest BCUT2D eigenvalue weighted by atomic mass is 9.75. The van der Waals surface area contributed by atoms with Gasteiger partial charge in [0.25, 0.3) is 0 Å². The molecule has 2 heterocycles. The van der Waals surface area contributed by atoms with Crippen LogP contribution in [0.2, 0.25) is 0 Å². The van der Waals surface area contributed by atoms with Crippen LogP contribution >= 0.6 is 0 Å². The summed E-state index contributed by atoms with van der Waals surface area (Å²) in [5.74, 6) is 0.863. The Morgan fingerprint density at radius 2 is 2.33 bits per heavy atom. The fraction of sp³-hybridized carbons (Fsp3) is 0.412. The van der Waals surface area contributed by atoms with E-state index in [0.717, 1.165) is 35.1 Å². The molecule has 1 saturated heterocycles. The quantitative estimate of drug-likeness (QED) is 0.627. The average molecular weight is 283 g/mol. The van der Waals surface area contributed by atoms with E-state index in [0.29, 0.717) is 18.9 Å². The predicted octanol–water partition coefficient (Wildman–Crippen LogP) is 3.19. The number of aryl methyl sites for hydroxylation is 1. The number of hydrogen-bond donors (Lipinski definition) is 0. The van der Waals surface area contributed by atoms with Crippen LogP contribution in [0.25, 0.3) is 11.1 Å². The van der Waals surface area contributed by atoms with Gasteiger partial charge in [0.05, 0.1) is 12.0 Å². The highest BCUT2D eigenvalue weighted by atomic mass is 16.5. The van der Waals surface area contributed by atoms with Gasteiger partial charge in [0.2, 0.25) is 0 Å². The van der Waals surface area contributed by atoms with E-state index in [1.807, 2.05) is 25.1 Å². The molecule has 1 aliphatic carbocycles. The topological polar surface area (TPSA) is 52.3 Å². The molecule has 0 spiro atoms. The number of fused-ring (bicyclic) bond motifs is 2. The van der Waals surface area contributed by atoms with E-state index in [4.69, 9.17) is 9.15 Å². The van der Waals surface area contributed by atoms with Crippen LogP contribution < -0.4 is 0 Å². The first kappa shape index (κ1) is 12.6. The number of allylic oxidation sites excluding steroid dienone is 1. The lowest BCUT2D eigenvalue weighted by Crippen LogP contribution is -2.31. The molecule has 2 unspecified atom stereocenters. The third-order valence-electron chi connectivity index (χ3n) is 4.78. The molecule has 108 valence electrons. The van der Waals surface area contributed by atoms with Gasteiger partial charge in [-0.15, -0.1) is 0 Å². The van der Waals surface area contributed by atoms with Crippen LogP contribution in [0.3, 0.4) is 0 Å². The number of carbonyl (C=O) groups excluding carboxylic acids is 1. The standard InChI is InChI=1S/C17H17NO3/c1-10-5-13-9-20-16(19)17(13,7-10)8-12-3-4-15-14(6-12)18-11(2)21-15/h3-4,6,13H,1,5,7-9H2,2H3. The van der Waals surface area contributed by atoms with Gasteiger partial charge in [0, 0.05) is 12.8 Å². The molecule has 1 aromatic heterocycles. The number of benzene rings is 1. The van der Waals surface area contributed by atoms with Crippen molar-refractivity contribution in [1.29, 1.82) is 0 Å². The van der Waals surface area contributed by atoms with Crippen molar-refractivity contribution >= 4 is 17.1 Å². The molecular weight excluding hydrogens is 266 g/mol. The molecule has 4 heteroatoms. The lowest BCUT2D eigenvalue weighted by molar-refractivity contribution is -0.146. The monoisotopic (exact) mass is 283 g/mol. The number of rotatable bonds is 2. The SMILES string of the molecule is C=C1CC2COC(=O)C2(Cc2ccc3oc(C)nc3c2)C1. The van der Waals surface area contributed by atoms with Crippen LogP contribution in [0.1, 0.15) is 24.3 Å². The Balaban J connectivity index is 1.72. The summed E-state index contributed by atoms with van der Waals surface area (Å²) in [5, 5.41) is 0. The van der Waals surface area contributed by atoms with Gasteiger partial charge in [-0.05, 0) is 37.0 Å². The average Bonchev–Trinajstić information content (AvgIpc) is 3.03. The van der Waals surface area contributed by atoms with Gasteiger partial charge >= 0.3 is 5.97 Å². The fourth-order valence-electron chi connectivity index (χ4n) is 3.83. The molecule has 0 amide bonds. The second kappa shape index (κ2) is 4.20. The maximum Gasteiger partial charge on any atom is 0.313 e. The largest absolute Gasteiger partial charge is 0.465 e. The number of ether oxygens (including phenoxy) is 1. The number of cyclic esters (lactones) is 1. The summed E-state index contributed by atoms with van der Waals surface area (Å²) in [6.45, 7) is 6.44. The van der Waals surface area contributed by atoms with Gasteiger partial charge in [0.15, 0.2) is 11.5 Å². The van der Waals surface area contributed by atoms with Crippen molar-refractivity contribution in [2.24, 2.45) is 11.3 Å². The van der Waals surface area contributed by atoms with Crippen molar-refractivity contribution < 1.29 is 13.9 Å². The minimum atomic E-state index is -0.413. The maximum absolute atomic E-state index is 12.3. The highest BCUT2D eigenvalue weighted by molar-refractivity contribution is 5.81. The molecule has 1 aromatic carbocycles. The molecule has 2 aliphatic rings. The number of esters is 1. The maximum atomic E-state index is 12.3. The van der Waals surface area contributed by atoms with Crippen LogP contribution in [-0.2, 0) is 16.0 Å². The van der Waals surface area contributed by atoms with Gasteiger partial charge in [-0.1, -0.05) is 18.2 Å². The third kappa shape index (κ3) is 1.82. The minimum Gasteiger partial charge on any atom is -0.465 e. The summed E-state index contributed by atoms with van der Waals surface area (Å²) in [6.07, 6.45) is 2.33. The Morgan fingerprint density at radius 3 is 3.19 bits per heavy atom. The molecule has 4 nitrogen and oxygen atoms in total. The molecule has 0 bridgehead atoms. The van der Waals surface area contributed by atoms with E-state index in [1.165, 1.54) is 0 Å². The first-order chi connectivity index (χ1) is 10.1. The molecule has 21 heavy (non-hydrogen) atoms. The fourth-order valence-corrected chi connectivity index (χ4v) is 3.83. The molecule has 1 saturated carbocycles. The van der Waals surface area contributed by atoms with E-state index in [9.17, 15) is 4.79 Å². The molecular formula is C17H17NO3. The predicted molar refractivity (Wildman–Crippen MR) is 77.7 cm³/mol. The van der Waals surface area contributed by atoms with E-state index in [-0.39, 0.29) is 11.9 Å². The van der Waals surface area contributed by atoms with Gasteiger partial charge < -0.3 is 9.15 Å². The van der Waals surface area contributed by atoms with Crippen molar-refractivity contribution in [1.82, 2.24) is 4.98 Å². The van der Waals surface area contributed by atoms with Crippen LogP contribution in [0, 0.1) is 18.3 Å². The Kier molecular flexibility index (Phi) is 2.52. The molecule has 4 rings (SSSR count). The summed E-state index contributed by atoms with van der Waals surface area (Å²) >= 11 is 0. The van der Waals surface area contributed by atoms with E-state index in [1.54, 1.807) is 0 Å². The van der Waals surface area contributed by atoms with Crippen LogP contribution in [0.5, 0.6) is 0 Å². The lowest BCUT2D eigenvalue weighted by Gasteiger charge is -2.23. The van der Waals surface area contributed by atoms with Gasteiger partial charge in [-0.25, -0.2) is 4.98 Å². The van der Waals surface area contributed by atoms with Crippen molar-refractivity contribution in [3.63, 3.8) is 0 Å². The van der Waals surface area contributed by atoms with E-state index in [2.05, 4.69) is 11.6 Å². The molecule has 0 radical (unpaired) electrons. The zero-order valence-electron chi connectivity index (χ0n) is 12.0. The second-order valence-electron chi connectivity index (χ2n) is 6.29. The highest BCUT2D eigenvalue weighted by Crippen LogP contribution is 2.52. The summed E-state index contributed by atoms with van der Waals surface area (Å²) in [6, 6.07) is 5.97. The summed E-state index contributed by atoms with van der Waals surface area (Å²) in [7, 11) is 0. The Labute approximate surface area is 122 Å². The number of hydrogen-bond acceptors (Lipinski definition) is 4. The van der Waals surface area contributed by atoms with Crippen LogP contribution in [0.4, 0.5) is 0 Å². The van der Waals surface area contributed by atoms with Crippen molar-refractivity contribution in [2.45, 2.75) is 26.2 Å². The molecule has 2 atom stereocenters. The van der Waals surface area contributed by atoms with Gasteiger partial charge in [-0.3, -0.25) is 4.79 Å². The number of aromatic nitrogens is 1. The zero-order chi connectivity index (χ0) is 14.6. The normalized spacial score (nSPS) is 28.1. The van der Waals surface area contributed by atoms with E-state index >= 15 is 0 Å². The molecule has 2 aromatic rings. The Hall–Kier alpha value is -2.10. The van der Waals surface area contributed by atoms with E-state index < -0.39 is 5.41 Å². The Morgan fingerprint density at radius 1 is 1.48 bits per heavy atom. The molecule has 2 fully saturated rings. The summed E-state index contributed by atoms with van der Waals surface area (Å²) < 4.78 is 10.8. The second-order valence-corrected chi connectivity index (χ2v) is 6.29. The number of carbonyl (C=O) groups is 1. The highest BCUT2D eigenvalue weighted by Gasteiger charge is 2.55. The van der Waals surface area contributed by atoms with Crippen LogP contribution in [-0.4, -0.2) is 17.6 Å². The molecule has 0 N–H and O–H groups in total. The minimum absolute atomic E-state index is 0.0671. The summed E-state index contributed by atoms with van der Waals surface area (Å²) in [5.41, 5.74) is 3.49. The van der Waals surface area contributed by atoms with Crippen molar-refractivity contribution in [3.8, 4) is 0 Å².